The standard InChI is InChI=1S/C16H17F2NO4/c17-11-2-1-3-12(18)14(11)9-6-10(9)15(22)19-16(7-13(20)21)4-5-23-8-16/h1-3,9-10H,4-8H2,(H,19,22)(H,20,21). The van der Waals surface area contributed by atoms with Crippen molar-refractivity contribution in [2.24, 2.45) is 5.92 Å². The summed E-state index contributed by atoms with van der Waals surface area (Å²) in [6.45, 7) is 0.514. The van der Waals surface area contributed by atoms with Gasteiger partial charge in [0.15, 0.2) is 0 Å². The third-order valence-electron chi connectivity index (χ3n) is 4.48. The minimum Gasteiger partial charge on any atom is -0.481 e. The van der Waals surface area contributed by atoms with Gasteiger partial charge in [-0.25, -0.2) is 8.78 Å². The van der Waals surface area contributed by atoms with Crippen molar-refractivity contribution in [2.75, 3.05) is 13.2 Å². The van der Waals surface area contributed by atoms with Gasteiger partial charge in [-0.05, 0) is 25.0 Å². The molecule has 7 heteroatoms. The van der Waals surface area contributed by atoms with Crippen LogP contribution in [0.1, 0.15) is 30.7 Å². The molecule has 0 radical (unpaired) electrons. The second-order valence-electron chi connectivity index (χ2n) is 6.23. The molecule has 1 saturated carbocycles. The maximum atomic E-state index is 13.8. The Hall–Kier alpha value is -2.02. The molecule has 2 aliphatic rings. The molecule has 3 rings (SSSR count). The molecule has 0 spiro atoms. The van der Waals surface area contributed by atoms with Crippen LogP contribution in [0.5, 0.6) is 0 Å². The van der Waals surface area contributed by atoms with E-state index in [2.05, 4.69) is 5.32 Å². The SMILES string of the molecule is O=C(O)CC1(NC(=O)C2CC2c2c(F)cccc2F)CCOC1. The molecule has 23 heavy (non-hydrogen) atoms. The lowest BCUT2D eigenvalue weighted by atomic mass is 9.93. The predicted molar refractivity (Wildman–Crippen MR) is 75.8 cm³/mol. The normalized spacial score (nSPS) is 29.3. The van der Waals surface area contributed by atoms with E-state index >= 15 is 0 Å². The van der Waals surface area contributed by atoms with Crippen molar-refractivity contribution >= 4 is 11.9 Å². The number of hydrogen-bond acceptors (Lipinski definition) is 3. The van der Waals surface area contributed by atoms with E-state index < -0.39 is 35.0 Å². The number of nitrogens with one attached hydrogen (secondary N) is 1. The van der Waals surface area contributed by atoms with E-state index in [1.54, 1.807) is 0 Å². The molecule has 1 amide bonds. The Morgan fingerprint density at radius 2 is 2.04 bits per heavy atom. The Morgan fingerprint density at radius 1 is 1.35 bits per heavy atom. The van der Waals surface area contributed by atoms with Gasteiger partial charge >= 0.3 is 5.97 Å². The lowest BCUT2D eigenvalue weighted by Gasteiger charge is -2.27. The van der Waals surface area contributed by atoms with Gasteiger partial charge in [-0.2, -0.15) is 0 Å². The number of carbonyl (C=O) groups is 2. The van der Waals surface area contributed by atoms with Crippen LogP contribution < -0.4 is 5.32 Å². The van der Waals surface area contributed by atoms with Crippen molar-refractivity contribution < 1.29 is 28.2 Å². The van der Waals surface area contributed by atoms with Crippen molar-refractivity contribution in [1.82, 2.24) is 5.32 Å². The lowest BCUT2D eigenvalue weighted by Crippen LogP contribution is -2.51. The molecule has 0 bridgehead atoms. The van der Waals surface area contributed by atoms with E-state index in [9.17, 15) is 18.4 Å². The summed E-state index contributed by atoms with van der Waals surface area (Å²) >= 11 is 0. The highest BCUT2D eigenvalue weighted by Gasteiger charge is 2.49. The number of amides is 1. The van der Waals surface area contributed by atoms with Crippen LogP contribution >= 0.6 is 0 Å². The average Bonchev–Trinajstić information content (AvgIpc) is 3.12. The highest BCUT2D eigenvalue weighted by atomic mass is 19.1. The van der Waals surface area contributed by atoms with Crippen molar-refractivity contribution in [3.05, 3.63) is 35.4 Å². The zero-order valence-corrected chi connectivity index (χ0v) is 12.4. The van der Waals surface area contributed by atoms with Crippen LogP contribution in [0.4, 0.5) is 8.78 Å². The minimum atomic E-state index is -1.02. The molecule has 1 saturated heterocycles. The number of carboxylic acids is 1. The maximum Gasteiger partial charge on any atom is 0.305 e. The molecule has 1 aromatic carbocycles. The topological polar surface area (TPSA) is 75.6 Å². The summed E-state index contributed by atoms with van der Waals surface area (Å²) in [6.07, 6.45) is 0.536. The van der Waals surface area contributed by atoms with Gasteiger partial charge in [0.2, 0.25) is 5.91 Å². The Balaban J connectivity index is 1.69. The van der Waals surface area contributed by atoms with Gasteiger partial charge < -0.3 is 15.2 Å². The van der Waals surface area contributed by atoms with E-state index in [1.807, 2.05) is 0 Å². The summed E-state index contributed by atoms with van der Waals surface area (Å²) in [6, 6.07) is 3.62. The highest BCUT2D eigenvalue weighted by Crippen LogP contribution is 2.49. The molecule has 1 aromatic rings. The van der Waals surface area contributed by atoms with Crippen LogP contribution in [0.2, 0.25) is 0 Å². The first-order chi connectivity index (χ1) is 10.9. The summed E-state index contributed by atoms with van der Waals surface area (Å²) < 4.78 is 32.7. The van der Waals surface area contributed by atoms with E-state index in [0.717, 1.165) is 0 Å². The summed E-state index contributed by atoms with van der Waals surface area (Å²) in [5, 5.41) is 11.7. The molecular weight excluding hydrogens is 308 g/mol. The average molecular weight is 325 g/mol. The second kappa shape index (κ2) is 5.88. The molecule has 5 nitrogen and oxygen atoms in total. The molecule has 1 aliphatic carbocycles. The number of rotatable bonds is 5. The largest absolute Gasteiger partial charge is 0.481 e. The Bertz CT molecular complexity index is 623. The Morgan fingerprint density at radius 3 is 2.61 bits per heavy atom. The fourth-order valence-corrected chi connectivity index (χ4v) is 3.20. The zero-order valence-electron chi connectivity index (χ0n) is 12.4. The number of carbonyl (C=O) groups excluding carboxylic acids is 1. The molecule has 2 N–H and O–H groups in total. The van der Waals surface area contributed by atoms with Gasteiger partial charge in [0.1, 0.15) is 11.6 Å². The van der Waals surface area contributed by atoms with Crippen LogP contribution in [0.25, 0.3) is 0 Å². The van der Waals surface area contributed by atoms with Gasteiger partial charge in [0, 0.05) is 24.0 Å². The van der Waals surface area contributed by atoms with Crippen molar-refractivity contribution in [3.8, 4) is 0 Å². The second-order valence-corrected chi connectivity index (χ2v) is 6.23. The van der Waals surface area contributed by atoms with E-state index in [0.29, 0.717) is 19.4 Å². The fourth-order valence-electron chi connectivity index (χ4n) is 3.20. The lowest BCUT2D eigenvalue weighted by molar-refractivity contribution is -0.139. The number of hydrogen-bond donors (Lipinski definition) is 2. The van der Waals surface area contributed by atoms with Crippen LogP contribution in [0.3, 0.4) is 0 Å². The molecule has 1 heterocycles. The number of benzene rings is 1. The van der Waals surface area contributed by atoms with Crippen LogP contribution in [0.15, 0.2) is 18.2 Å². The maximum absolute atomic E-state index is 13.8. The zero-order chi connectivity index (χ0) is 16.6. The van der Waals surface area contributed by atoms with Crippen LogP contribution in [-0.2, 0) is 14.3 Å². The van der Waals surface area contributed by atoms with Gasteiger partial charge in [-0.1, -0.05) is 6.07 Å². The summed E-state index contributed by atoms with van der Waals surface area (Å²) in [7, 11) is 0. The van der Waals surface area contributed by atoms with Crippen molar-refractivity contribution in [3.63, 3.8) is 0 Å². The van der Waals surface area contributed by atoms with E-state index in [1.165, 1.54) is 18.2 Å². The van der Waals surface area contributed by atoms with Gasteiger partial charge in [0.25, 0.3) is 0 Å². The predicted octanol–water partition coefficient (Wildman–Crippen LogP) is 1.82. The van der Waals surface area contributed by atoms with Gasteiger partial charge in [0.05, 0.1) is 18.6 Å². The molecule has 2 fully saturated rings. The Kier molecular flexibility index (Phi) is 4.06. The third kappa shape index (κ3) is 3.19. The molecule has 3 unspecified atom stereocenters. The number of halogens is 2. The molecule has 124 valence electrons. The minimum absolute atomic E-state index is 0.0670. The van der Waals surface area contributed by atoms with Gasteiger partial charge in [-0.15, -0.1) is 0 Å². The third-order valence-corrected chi connectivity index (χ3v) is 4.48. The molecule has 0 aromatic heterocycles. The first kappa shape index (κ1) is 15.9. The summed E-state index contributed by atoms with van der Waals surface area (Å²) in [4.78, 5) is 23.3. The smallest absolute Gasteiger partial charge is 0.305 e. The fraction of sp³-hybridized carbons (Fsp3) is 0.500. The summed E-state index contributed by atoms with van der Waals surface area (Å²) in [5.74, 6) is -3.75. The van der Waals surface area contributed by atoms with Crippen LogP contribution in [-0.4, -0.2) is 35.7 Å². The molecular formula is C16H17F2NO4. The number of ether oxygens (including phenoxy) is 1. The number of carboxylic acid groups (broad SMARTS) is 1. The summed E-state index contributed by atoms with van der Waals surface area (Å²) in [5.41, 5.74) is -0.994. The molecule has 3 atom stereocenters. The van der Waals surface area contributed by atoms with Crippen LogP contribution in [0, 0.1) is 17.6 Å². The monoisotopic (exact) mass is 325 g/mol. The van der Waals surface area contributed by atoms with Crippen molar-refractivity contribution in [2.45, 2.75) is 30.7 Å². The molecule has 1 aliphatic heterocycles. The van der Waals surface area contributed by atoms with E-state index in [4.69, 9.17) is 9.84 Å². The van der Waals surface area contributed by atoms with Crippen molar-refractivity contribution in [1.29, 1.82) is 0 Å². The Labute approximate surface area is 131 Å². The quantitative estimate of drug-likeness (QED) is 0.866. The first-order valence-electron chi connectivity index (χ1n) is 7.47. The first-order valence-corrected chi connectivity index (χ1v) is 7.47. The highest BCUT2D eigenvalue weighted by molar-refractivity contribution is 5.84. The van der Waals surface area contributed by atoms with Gasteiger partial charge in [-0.3, -0.25) is 9.59 Å². The van der Waals surface area contributed by atoms with E-state index in [-0.39, 0.29) is 24.5 Å². The number of aliphatic carboxylic acids is 1.